The molecule has 1 heterocycles. The van der Waals surface area contributed by atoms with E-state index in [0.29, 0.717) is 18.2 Å². The van der Waals surface area contributed by atoms with Crippen molar-refractivity contribution in [2.45, 2.75) is 39.5 Å². The predicted octanol–water partition coefficient (Wildman–Crippen LogP) is 3.30. The van der Waals surface area contributed by atoms with Gasteiger partial charge in [0.25, 0.3) is 0 Å². The van der Waals surface area contributed by atoms with Crippen LogP contribution in [0.5, 0.6) is 5.88 Å². The number of rotatable bonds is 5. The number of nitrogens with zero attached hydrogens (tertiary/aromatic N) is 1. The number of anilines is 2. The Hall–Kier alpha value is -1.45. The second-order valence-corrected chi connectivity index (χ2v) is 5.53. The Bertz CT molecular complexity index is 400. The van der Waals surface area contributed by atoms with Crippen LogP contribution in [0.15, 0.2) is 12.1 Å². The average molecular weight is 263 g/mol. The van der Waals surface area contributed by atoms with Gasteiger partial charge in [0.2, 0.25) is 5.88 Å². The topological polar surface area (TPSA) is 60.2 Å². The molecule has 4 nitrogen and oxygen atoms in total. The van der Waals surface area contributed by atoms with Crippen molar-refractivity contribution in [3.8, 4) is 5.88 Å². The van der Waals surface area contributed by atoms with Gasteiger partial charge in [-0.25, -0.2) is 0 Å². The number of pyridine rings is 1. The van der Waals surface area contributed by atoms with Crippen LogP contribution in [0.2, 0.25) is 0 Å². The molecule has 0 atom stereocenters. The fourth-order valence-electron chi connectivity index (χ4n) is 2.58. The van der Waals surface area contributed by atoms with Crippen molar-refractivity contribution in [3.05, 3.63) is 12.1 Å². The van der Waals surface area contributed by atoms with E-state index in [1.807, 2.05) is 19.1 Å². The Morgan fingerprint density at radius 1 is 1.32 bits per heavy atom. The van der Waals surface area contributed by atoms with Gasteiger partial charge in [-0.15, -0.1) is 0 Å². The lowest BCUT2D eigenvalue weighted by Crippen LogP contribution is -2.20. The van der Waals surface area contributed by atoms with Crippen molar-refractivity contribution in [2.24, 2.45) is 11.8 Å². The maximum Gasteiger partial charge on any atom is 0.239 e. The highest BCUT2D eigenvalue weighted by Crippen LogP contribution is 2.28. The molecule has 0 unspecified atom stereocenters. The second-order valence-electron chi connectivity index (χ2n) is 5.53. The highest BCUT2D eigenvalue weighted by atomic mass is 16.5. The van der Waals surface area contributed by atoms with Gasteiger partial charge in [0, 0.05) is 6.54 Å². The number of nitrogens with two attached hydrogens (primary N) is 1. The van der Waals surface area contributed by atoms with Crippen LogP contribution >= 0.6 is 0 Å². The van der Waals surface area contributed by atoms with Crippen LogP contribution < -0.4 is 15.8 Å². The van der Waals surface area contributed by atoms with E-state index in [4.69, 9.17) is 10.5 Å². The summed E-state index contributed by atoms with van der Waals surface area (Å²) in [5.41, 5.74) is 6.41. The quantitative estimate of drug-likeness (QED) is 0.855. The minimum Gasteiger partial charge on any atom is -0.476 e. The van der Waals surface area contributed by atoms with Crippen molar-refractivity contribution in [2.75, 3.05) is 24.2 Å². The molecule has 3 N–H and O–H groups in total. The maximum absolute atomic E-state index is 5.81. The molecule has 1 aromatic rings. The van der Waals surface area contributed by atoms with Gasteiger partial charge in [0.1, 0.15) is 5.82 Å². The molecule has 4 heteroatoms. The SMILES string of the molecule is CCOc1nc(NCC2CCC(C)CC2)ccc1N. The molecule has 1 aliphatic carbocycles. The summed E-state index contributed by atoms with van der Waals surface area (Å²) in [6, 6.07) is 3.77. The summed E-state index contributed by atoms with van der Waals surface area (Å²) in [6.07, 6.45) is 5.35. The Kier molecular flexibility index (Phi) is 4.88. The fraction of sp³-hybridized carbons (Fsp3) is 0.667. The summed E-state index contributed by atoms with van der Waals surface area (Å²) in [4.78, 5) is 4.40. The molecular formula is C15H25N3O. The van der Waals surface area contributed by atoms with E-state index in [2.05, 4.69) is 17.2 Å². The summed E-state index contributed by atoms with van der Waals surface area (Å²) in [6.45, 7) is 5.86. The molecule has 0 aliphatic heterocycles. The molecule has 19 heavy (non-hydrogen) atoms. The zero-order valence-electron chi connectivity index (χ0n) is 12.0. The highest BCUT2D eigenvalue weighted by molar-refractivity contribution is 5.53. The van der Waals surface area contributed by atoms with Gasteiger partial charge in [0.15, 0.2) is 0 Å². The Labute approximate surface area is 115 Å². The summed E-state index contributed by atoms with van der Waals surface area (Å²) in [7, 11) is 0. The summed E-state index contributed by atoms with van der Waals surface area (Å²) in [5, 5.41) is 3.41. The van der Waals surface area contributed by atoms with E-state index in [0.717, 1.165) is 24.2 Å². The van der Waals surface area contributed by atoms with Gasteiger partial charge in [-0.2, -0.15) is 4.98 Å². The number of aromatic nitrogens is 1. The molecule has 0 radical (unpaired) electrons. The molecule has 1 aliphatic rings. The van der Waals surface area contributed by atoms with Crippen LogP contribution in [-0.2, 0) is 0 Å². The summed E-state index contributed by atoms with van der Waals surface area (Å²) in [5.74, 6) is 3.06. The van der Waals surface area contributed by atoms with Crippen LogP contribution in [0, 0.1) is 11.8 Å². The number of ether oxygens (including phenoxy) is 1. The van der Waals surface area contributed by atoms with E-state index in [-0.39, 0.29) is 0 Å². The normalized spacial score (nSPS) is 23.1. The molecule has 0 bridgehead atoms. The van der Waals surface area contributed by atoms with Crippen molar-refractivity contribution in [1.82, 2.24) is 4.98 Å². The first-order valence-corrected chi connectivity index (χ1v) is 7.32. The summed E-state index contributed by atoms with van der Waals surface area (Å²) < 4.78 is 5.41. The minimum atomic E-state index is 0.532. The first kappa shape index (κ1) is 14.0. The van der Waals surface area contributed by atoms with E-state index in [1.165, 1.54) is 25.7 Å². The standard InChI is InChI=1S/C15H25N3O/c1-3-19-15-13(16)8-9-14(18-15)17-10-12-6-4-11(2)5-7-12/h8-9,11-12H,3-7,10,16H2,1-2H3,(H,17,18). The largest absolute Gasteiger partial charge is 0.476 e. The van der Waals surface area contributed by atoms with Gasteiger partial charge in [-0.1, -0.05) is 19.8 Å². The molecule has 0 aromatic carbocycles. The molecule has 0 amide bonds. The Morgan fingerprint density at radius 2 is 2.05 bits per heavy atom. The van der Waals surface area contributed by atoms with Gasteiger partial charge in [0.05, 0.1) is 12.3 Å². The van der Waals surface area contributed by atoms with Crippen molar-refractivity contribution >= 4 is 11.5 Å². The molecule has 1 saturated carbocycles. The van der Waals surface area contributed by atoms with E-state index in [9.17, 15) is 0 Å². The maximum atomic E-state index is 5.81. The fourth-order valence-corrected chi connectivity index (χ4v) is 2.58. The number of nitrogen functional groups attached to an aromatic ring is 1. The van der Waals surface area contributed by atoms with Gasteiger partial charge >= 0.3 is 0 Å². The average Bonchev–Trinajstić information content (AvgIpc) is 2.42. The molecule has 1 aromatic heterocycles. The lowest BCUT2D eigenvalue weighted by atomic mass is 9.83. The van der Waals surface area contributed by atoms with Gasteiger partial charge in [-0.3, -0.25) is 0 Å². The minimum absolute atomic E-state index is 0.532. The van der Waals surface area contributed by atoms with Crippen LogP contribution in [-0.4, -0.2) is 18.1 Å². The first-order chi connectivity index (χ1) is 9.19. The zero-order chi connectivity index (χ0) is 13.7. The smallest absolute Gasteiger partial charge is 0.239 e. The third-order valence-electron chi connectivity index (χ3n) is 3.88. The van der Waals surface area contributed by atoms with Gasteiger partial charge < -0.3 is 15.8 Å². The van der Waals surface area contributed by atoms with Crippen LogP contribution in [0.4, 0.5) is 11.5 Å². The Morgan fingerprint density at radius 3 is 2.74 bits per heavy atom. The third-order valence-corrected chi connectivity index (χ3v) is 3.88. The molecular weight excluding hydrogens is 238 g/mol. The van der Waals surface area contributed by atoms with Crippen molar-refractivity contribution in [3.63, 3.8) is 0 Å². The zero-order valence-corrected chi connectivity index (χ0v) is 12.0. The monoisotopic (exact) mass is 263 g/mol. The Balaban J connectivity index is 1.87. The van der Waals surface area contributed by atoms with Gasteiger partial charge in [-0.05, 0) is 43.7 Å². The molecule has 106 valence electrons. The molecule has 0 spiro atoms. The van der Waals surface area contributed by atoms with E-state index in [1.54, 1.807) is 0 Å². The number of hydrogen-bond acceptors (Lipinski definition) is 4. The van der Waals surface area contributed by atoms with E-state index < -0.39 is 0 Å². The first-order valence-electron chi connectivity index (χ1n) is 7.32. The van der Waals surface area contributed by atoms with Crippen LogP contribution in [0.1, 0.15) is 39.5 Å². The van der Waals surface area contributed by atoms with E-state index >= 15 is 0 Å². The lowest BCUT2D eigenvalue weighted by molar-refractivity contribution is 0.300. The second kappa shape index (κ2) is 6.64. The lowest BCUT2D eigenvalue weighted by Gasteiger charge is -2.26. The molecule has 2 rings (SSSR count). The number of nitrogens with one attached hydrogen (secondary N) is 1. The third kappa shape index (κ3) is 4.01. The predicted molar refractivity (Wildman–Crippen MR) is 79.4 cm³/mol. The highest BCUT2D eigenvalue weighted by Gasteiger charge is 2.18. The number of hydrogen-bond donors (Lipinski definition) is 2. The summed E-state index contributed by atoms with van der Waals surface area (Å²) >= 11 is 0. The molecule has 0 saturated heterocycles. The van der Waals surface area contributed by atoms with Crippen molar-refractivity contribution < 1.29 is 4.74 Å². The molecule has 1 fully saturated rings. The van der Waals surface area contributed by atoms with Crippen molar-refractivity contribution in [1.29, 1.82) is 0 Å². The van der Waals surface area contributed by atoms with Crippen LogP contribution in [0.3, 0.4) is 0 Å². The van der Waals surface area contributed by atoms with Crippen LogP contribution in [0.25, 0.3) is 0 Å².